The van der Waals surface area contributed by atoms with Crippen LogP contribution in [0.5, 0.6) is 11.5 Å². The van der Waals surface area contributed by atoms with Crippen molar-refractivity contribution in [2.75, 3.05) is 7.11 Å². The van der Waals surface area contributed by atoms with E-state index < -0.39 is 0 Å². The average Bonchev–Trinajstić information content (AvgIpc) is 2.47. The molecule has 0 saturated heterocycles. The molecular weight excluding hydrogens is 386 g/mol. The van der Waals surface area contributed by atoms with Gasteiger partial charge in [-0.15, -0.1) is 0 Å². The zero-order chi connectivity index (χ0) is 15.2. The van der Waals surface area contributed by atoms with E-state index in [0.717, 1.165) is 9.13 Å². The lowest BCUT2D eigenvalue weighted by Gasteiger charge is -2.13. The lowest BCUT2D eigenvalue weighted by molar-refractivity contribution is 0.277. The van der Waals surface area contributed by atoms with Crippen molar-refractivity contribution in [3.05, 3.63) is 56.9 Å². The number of nitrogens with two attached hydrogens (primary N) is 1. The van der Waals surface area contributed by atoms with Gasteiger partial charge in [-0.2, -0.15) is 5.10 Å². The van der Waals surface area contributed by atoms with Crippen molar-refractivity contribution >= 4 is 28.8 Å². The van der Waals surface area contributed by atoms with Crippen LogP contribution in [0.1, 0.15) is 11.1 Å². The van der Waals surface area contributed by atoms with Crippen molar-refractivity contribution in [3.8, 4) is 11.5 Å². The lowest BCUT2D eigenvalue weighted by atomic mass is 10.2. The molecule has 0 heterocycles. The predicted molar refractivity (Wildman–Crippen MR) is 88.2 cm³/mol. The largest absolute Gasteiger partial charge is 0.493 e. The molecule has 0 fully saturated rings. The van der Waals surface area contributed by atoms with Crippen LogP contribution in [-0.2, 0) is 6.61 Å². The minimum atomic E-state index is -0.293. The summed E-state index contributed by atoms with van der Waals surface area (Å²) < 4.78 is 25.4. The van der Waals surface area contributed by atoms with E-state index in [9.17, 15) is 4.39 Å². The second kappa shape index (κ2) is 7.26. The molecule has 6 heteroatoms. The van der Waals surface area contributed by atoms with Crippen molar-refractivity contribution in [1.29, 1.82) is 0 Å². The molecule has 0 aliphatic carbocycles. The van der Waals surface area contributed by atoms with Gasteiger partial charge in [0.05, 0.1) is 16.9 Å². The van der Waals surface area contributed by atoms with Crippen LogP contribution in [-0.4, -0.2) is 13.3 Å². The van der Waals surface area contributed by atoms with E-state index in [2.05, 4.69) is 27.7 Å². The Morgan fingerprint density at radius 3 is 2.76 bits per heavy atom. The minimum Gasteiger partial charge on any atom is -0.493 e. The van der Waals surface area contributed by atoms with Crippen LogP contribution in [0, 0.1) is 9.39 Å². The van der Waals surface area contributed by atoms with Crippen molar-refractivity contribution in [1.82, 2.24) is 0 Å². The summed E-state index contributed by atoms with van der Waals surface area (Å²) >= 11 is 2.12. The summed E-state index contributed by atoms with van der Waals surface area (Å²) in [6.07, 6.45) is 1.52. The van der Waals surface area contributed by atoms with Crippen LogP contribution in [0.4, 0.5) is 4.39 Å². The van der Waals surface area contributed by atoms with Crippen molar-refractivity contribution in [2.24, 2.45) is 10.9 Å². The molecule has 4 nitrogen and oxygen atoms in total. The number of halogens is 2. The van der Waals surface area contributed by atoms with Crippen molar-refractivity contribution in [2.45, 2.75) is 6.61 Å². The number of rotatable bonds is 5. The first-order valence-corrected chi connectivity index (χ1v) is 7.20. The Morgan fingerprint density at radius 1 is 1.33 bits per heavy atom. The van der Waals surface area contributed by atoms with Crippen LogP contribution in [0.15, 0.2) is 41.5 Å². The van der Waals surface area contributed by atoms with E-state index in [1.165, 1.54) is 12.3 Å². The van der Waals surface area contributed by atoms with E-state index in [4.69, 9.17) is 15.3 Å². The zero-order valence-corrected chi connectivity index (χ0v) is 13.5. The highest BCUT2D eigenvalue weighted by Gasteiger charge is 2.12. The summed E-state index contributed by atoms with van der Waals surface area (Å²) in [6, 6.07) is 10.1. The van der Waals surface area contributed by atoms with E-state index in [0.29, 0.717) is 17.1 Å². The standard InChI is InChI=1S/C15H14FIN2O2/c1-20-14-7-10(8-19-18)6-13(17)15(14)21-9-11-4-2-3-5-12(11)16/h2-8H,9,18H2,1H3. The molecule has 2 N–H and O–H groups in total. The molecule has 2 aromatic carbocycles. The molecular formula is C15H14FIN2O2. The Bertz CT molecular complexity index is 662. The number of nitrogens with zero attached hydrogens (tertiary/aromatic N) is 1. The van der Waals surface area contributed by atoms with Gasteiger partial charge in [-0.25, -0.2) is 4.39 Å². The molecule has 0 amide bonds. The smallest absolute Gasteiger partial charge is 0.174 e. The third kappa shape index (κ3) is 3.84. The summed E-state index contributed by atoms with van der Waals surface area (Å²) in [5.41, 5.74) is 1.29. The van der Waals surface area contributed by atoms with Gasteiger partial charge < -0.3 is 15.3 Å². The first-order chi connectivity index (χ1) is 10.2. The number of benzene rings is 2. The molecule has 0 unspecified atom stereocenters. The number of ether oxygens (including phenoxy) is 2. The molecule has 0 saturated carbocycles. The molecule has 0 aliphatic heterocycles. The normalized spacial score (nSPS) is 10.8. The Morgan fingerprint density at radius 2 is 2.10 bits per heavy atom. The molecule has 110 valence electrons. The summed E-state index contributed by atoms with van der Waals surface area (Å²) in [5, 5.41) is 3.48. The summed E-state index contributed by atoms with van der Waals surface area (Å²) in [6.45, 7) is 0.128. The van der Waals surface area contributed by atoms with Gasteiger partial charge in [0.15, 0.2) is 11.5 Å². The van der Waals surface area contributed by atoms with E-state index in [1.54, 1.807) is 31.4 Å². The Kier molecular flexibility index (Phi) is 5.38. The second-order valence-corrected chi connectivity index (χ2v) is 5.35. The highest BCUT2D eigenvalue weighted by Crippen LogP contribution is 2.34. The Balaban J connectivity index is 2.25. The van der Waals surface area contributed by atoms with Gasteiger partial charge in [-0.05, 0) is 46.4 Å². The lowest BCUT2D eigenvalue weighted by Crippen LogP contribution is -2.02. The van der Waals surface area contributed by atoms with Crippen molar-refractivity contribution < 1.29 is 13.9 Å². The molecule has 21 heavy (non-hydrogen) atoms. The number of methoxy groups -OCH3 is 1. The predicted octanol–water partition coefficient (Wildman–Crippen LogP) is 3.31. The van der Waals surface area contributed by atoms with Gasteiger partial charge in [-0.1, -0.05) is 18.2 Å². The zero-order valence-electron chi connectivity index (χ0n) is 11.3. The fourth-order valence-corrected chi connectivity index (χ4v) is 2.59. The third-order valence-corrected chi connectivity index (χ3v) is 3.61. The quantitative estimate of drug-likeness (QED) is 0.363. The van der Waals surface area contributed by atoms with Crippen LogP contribution >= 0.6 is 22.6 Å². The number of hydrogen-bond acceptors (Lipinski definition) is 4. The minimum absolute atomic E-state index is 0.128. The van der Waals surface area contributed by atoms with Gasteiger partial charge >= 0.3 is 0 Å². The molecule has 0 aliphatic rings. The molecule has 0 bridgehead atoms. The SMILES string of the molecule is COc1cc(C=NN)cc(I)c1OCc1ccccc1F. The number of hydrogen-bond donors (Lipinski definition) is 1. The van der Waals surface area contributed by atoms with Gasteiger partial charge in [-0.3, -0.25) is 0 Å². The fraction of sp³-hybridized carbons (Fsp3) is 0.133. The fourth-order valence-electron chi connectivity index (χ4n) is 1.81. The second-order valence-electron chi connectivity index (χ2n) is 4.19. The molecule has 0 spiro atoms. The summed E-state index contributed by atoms with van der Waals surface area (Å²) in [4.78, 5) is 0. The first kappa shape index (κ1) is 15.6. The Labute approximate surface area is 135 Å². The van der Waals surface area contributed by atoms with E-state index >= 15 is 0 Å². The Hall–Kier alpha value is -1.83. The molecule has 0 atom stereocenters. The average molecular weight is 400 g/mol. The highest BCUT2D eigenvalue weighted by atomic mass is 127. The highest BCUT2D eigenvalue weighted by molar-refractivity contribution is 14.1. The molecule has 0 aromatic heterocycles. The maximum atomic E-state index is 13.6. The van der Waals surface area contributed by atoms with Crippen LogP contribution in [0.3, 0.4) is 0 Å². The summed E-state index contributed by atoms with van der Waals surface area (Å²) in [7, 11) is 1.55. The molecule has 2 rings (SSSR count). The monoisotopic (exact) mass is 400 g/mol. The maximum absolute atomic E-state index is 13.6. The topological polar surface area (TPSA) is 56.8 Å². The van der Waals surface area contributed by atoms with E-state index in [1.807, 2.05) is 6.07 Å². The van der Waals surface area contributed by atoms with Crippen molar-refractivity contribution in [3.63, 3.8) is 0 Å². The third-order valence-electron chi connectivity index (χ3n) is 2.81. The van der Waals surface area contributed by atoms with E-state index in [-0.39, 0.29) is 12.4 Å². The van der Waals surface area contributed by atoms with Crippen LogP contribution < -0.4 is 15.3 Å². The van der Waals surface area contributed by atoms with Crippen LogP contribution in [0.25, 0.3) is 0 Å². The van der Waals surface area contributed by atoms with Gasteiger partial charge in [0.25, 0.3) is 0 Å². The maximum Gasteiger partial charge on any atom is 0.174 e. The molecule has 0 radical (unpaired) electrons. The van der Waals surface area contributed by atoms with Gasteiger partial charge in [0, 0.05) is 5.56 Å². The van der Waals surface area contributed by atoms with Crippen LogP contribution in [0.2, 0.25) is 0 Å². The van der Waals surface area contributed by atoms with Gasteiger partial charge in [0.1, 0.15) is 12.4 Å². The number of hydrazone groups is 1. The first-order valence-electron chi connectivity index (χ1n) is 6.12. The summed E-state index contributed by atoms with van der Waals surface area (Å²) in [5.74, 6) is 5.97. The molecule has 2 aromatic rings. The van der Waals surface area contributed by atoms with Gasteiger partial charge in [0.2, 0.25) is 0 Å².